The molecule has 1 aromatic rings. The smallest absolute Gasteiger partial charge is 0.133 e. The summed E-state index contributed by atoms with van der Waals surface area (Å²) in [6.07, 6.45) is 4.41. The largest absolute Gasteiger partial charge is 0.383 e. The molecular weight excluding hydrogens is 264 g/mol. The zero-order chi connectivity index (χ0) is 15.1. The van der Waals surface area contributed by atoms with Crippen molar-refractivity contribution in [2.45, 2.75) is 25.4 Å². The van der Waals surface area contributed by atoms with E-state index in [-0.39, 0.29) is 0 Å². The van der Waals surface area contributed by atoms with Crippen molar-refractivity contribution in [1.29, 1.82) is 0 Å². The second kappa shape index (κ2) is 8.32. The average molecular weight is 292 g/mol. The fourth-order valence-corrected chi connectivity index (χ4v) is 2.95. The van der Waals surface area contributed by atoms with E-state index in [2.05, 4.69) is 40.3 Å². The van der Waals surface area contributed by atoms with Crippen LogP contribution >= 0.6 is 0 Å². The minimum atomic E-state index is 0.577. The van der Waals surface area contributed by atoms with E-state index in [0.29, 0.717) is 6.04 Å². The Balaban J connectivity index is 2.04. The van der Waals surface area contributed by atoms with Crippen molar-refractivity contribution < 1.29 is 4.74 Å². The Hall–Kier alpha value is -1.17. The standard InChI is InChI=1S/C16H28N4O/c1-19(2)13-15-7-5-10-20(15)16-14(6-4-8-18-16)12-17-9-11-21-3/h4,6,8,15,17H,5,7,9-13H2,1-3H3. The second-order valence-electron chi connectivity index (χ2n) is 5.91. The first-order valence-electron chi connectivity index (χ1n) is 7.77. The lowest BCUT2D eigenvalue weighted by Crippen LogP contribution is -2.38. The van der Waals surface area contributed by atoms with Crippen LogP contribution in [0.5, 0.6) is 0 Å². The molecule has 0 amide bonds. The van der Waals surface area contributed by atoms with Crippen LogP contribution in [-0.2, 0) is 11.3 Å². The summed E-state index contributed by atoms with van der Waals surface area (Å²) in [6.45, 7) is 4.65. The maximum atomic E-state index is 5.08. The highest BCUT2D eigenvalue weighted by Gasteiger charge is 2.27. The number of hydrogen-bond donors (Lipinski definition) is 1. The summed E-state index contributed by atoms with van der Waals surface area (Å²) in [5.74, 6) is 1.15. The van der Waals surface area contributed by atoms with Crippen LogP contribution in [0.1, 0.15) is 18.4 Å². The topological polar surface area (TPSA) is 40.6 Å². The molecule has 1 aliphatic heterocycles. The third kappa shape index (κ3) is 4.66. The Bertz CT molecular complexity index is 424. The van der Waals surface area contributed by atoms with E-state index >= 15 is 0 Å². The van der Waals surface area contributed by atoms with Gasteiger partial charge in [-0.25, -0.2) is 4.98 Å². The molecule has 0 aliphatic carbocycles. The first kappa shape index (κ1) is 16.2. The van der Waals surface area contributed by atoms with Gasteiger partial charge in [-0.1, -0.05) is 6.07 Å². The monoisotopic (exact) mass is 292 g/mol. The maximum absolute atomic E-state index is 5.08. The number of ether oxygens (including phenoxy) is 1. The normalized spacial score (nSPS) is 18.7. The quantitative estimate of drug-likeness (QED) is 0.733. The summed E-state index contributed by atoms with van der Waals surface area (Å²) in [5.41, 5.74) is 1.28. The summed E-state index contributed by atoms with van der Waals surface area (Å²) in [6, 6.07) is 4.77. The van der Waals surface area contributed by atoms with Gasteiger partial charge < -0.3 is 19.9 Å². The Morgan fingerprint density at radius 1 is 1.48 bits per heavy atom. The summed E-state index contributed by atoms with van der Waals surface area (Å²) in [7, 11) is 6.01. The molecule has 1 fully saturated rings. The van der Waals surface area contributed by atoms with Gasteiger partial charge in [0.25, 0.3) is 0 Å². The summed E-state index contributed by atoms with van der Waals surface area (Å²) >= 11 is 0. The molecule has 5 heteroatoms. The number of anilines is 1. The third-order valence-electron chi connectivity index (χ3n) is 3.89. The minimum absolute atomic E-state index is 0.577. The van der Waals surface area contributed by atoms with E-state index in [4.69, 9.17) is 4.74 Å². The number of likely N-dealkylation sites (N-methyl/N-ethyl adjacent to an activating group) is 1. The molecule has 0 saturated carbocycles. The molecule has 1 N–H and O–H groups in total. The van der Waals surface area contributed by atoms with Crippen molar-refractivity contribution in [1.82, 2.24) is 15.2 Å². The second-order valence-corrected chi connectivity index (χ2v) is 5.91. The van der Waals surface area contributed by atoms with Gasteiger partial charge in [-0.05, 0) is 33.0 Å². The highest BCUT2D eigenvalue weighted by atomic mass is 16.5. The van der Waals surface area contributed by atoms with Crippen LogP contribution in [-0.4, -0.2) is 63.4 Å². The first-order chi connectivity index (χ1) is 10.2. The predicted molar refractivity (Wildman–Crippen MR) is 86.7 cm³/mol. The SMILES string of the molecule is COCCNCc1cccnc1N1CCCC1CN(C)C. The lowest BCUT2D eigenvalue weighted by Gasteiger charge is -2.29. The van der Waals surface area contributed by atoms with Gasteiger partial charge in [0.15, 0.2) is 0 Å². The van der Waals surface area contributed by atoms with Crippen molar-refractivity contribution >= 4 is 5.82 Å². The Morgan fingerprint density at radius 2 is 2.33 bits per heavy atom. The molecule has 2 heterocycles. The molecule has 1 atom stereocenters. The highest BCUT2D eigenvalue weighted by molar-refractivity contribution is 5.48. The van der Waals surface area contributed by atoms with Gasteiger partial charge in [-0.15, -0.1) is 0 Å². The van der Waals surface area contributed by atoms with E-state index in [1.165, 1.54) is 18.4 Å². The molecule has 21 heavy (non-hydrogen) atoms. The van der Waals surface area contributed by atoms with Crippen LogP contribution in [0.2, 0.25) is 0 Å². The Kier molecular flexibility index (Phi) is 6.42. The molecule has 0 aromatic carbocycles. The summed E-state index contributed by atoms with van der Waals surface area (Å²) in [5, 5.41) is 3.42. The van der Waals surface area contributed by atoms with Crippen LogP contribution < -0.4 is 10.2 Å². The molecule has 1 aromatic heterocycles. The number of nitrogens with one attached hydrogen (secondary N) is 1. The molecule has 0 spiro atoms. The van der Waals surface area contributed by atoms with E-state index in [0.717, 1.165) is 38.6 Å². The maximum Gasteiger partial charge on any atom is 0.133 e. The number of methoxy groups -OCH3 is 1. The highest BCUT2D eigenvalue weighted by Crippen LogP contribution is 2.27. The zero-order valence-corrected chi connectivity index (χ0v) is 13.5. The van der Waals surface area contributed by atoms with Crippen LogP contribution in [0.15, 0.2) is 18.3 Å². The number of aromatic nitrogens is 1. The molecule has 1 saturated heterocycles. The van der Waals surface area contributed by atoms with Crippen LogP contribution in [0.25, 0.3) is 0 Å². The van der Waals surface area contributed by atoms with Gasteiger partial charge in [0.2, 0.25) is 0 Å². The fourth-order valence-electron chi connectivity index (χ4n) is 2.95. The van der Waals surface area contributed by atoms with Crippen molar-refractivity contribution in [3.8, 4) is 0 Å². The molecular formula is C16H28N4O. The van der Waals surface area contributed by atoms with Gasteiger partial charge >= 0.3 is 0 Å². The summed E-state index contributed by atoms with van der Waals surface area (Å²) < 4.78 is 5.08. The molecule has 0 bridgehead atoms. The predicted octanol–water partition coefficient (Wildman–Crippen LogP) is 1.35. The van der Waals surface area contributed by atoms with Crippen LogP contribution in [0.3, 0.4) is 0 Å². The van der Waals surface area contributed by atoms with Gasteiger partial charge in [0.05, 0.1) is 6.61 Å². The number of hydrogen-bond acceptors (Lipinski definition) is 5. The van der Waals surface area contributed by atoms with Gasteiger partial charge in [0.1, 0.15) is 5.82 Å². The zero-order valence-electron chi connectivity index (χ0n) is 13.5. The molecule has 2 rings (SSSR count). The van der Waals surface area contributed by atoms with Gasteiger partial charge in [-0.3, -0.25) is 0 Å². The molecule has 5 nitrogen and oxygen atoms in total. The van der Waals surface area contributed by atoms with Crippen LogP contribution in [0.4, 0.5) is 5.82 Å². The molecule has 118 valence electrons. The fraction of sp³-hybridized carbons (Fsp3) is 0.688. The average Bonchev–Trinajstić information content (AvgIpc) is 2.91. The Morgan fingerprint density at radius 3 is 3.10 bits per heavy atom. The minimum Gasteiger partial charge on any atom is -0.383 e. The van der Waals surface area contributed by atoms with Gasteiger partial charge in [0, 0.05) is 51.1 Å². The van der Waals surface area contributed by atoms with Crippen LogP contribution in [0, 0.1) is 0 Å². The first-order valence-corrected chi connectivity index (χ1v) is 7.77. The molecule has 1 aliphatic rings. The number of pyridine rings is 1. The Labute approximate surface area is 128 Å². The van der Waals surface area contributed by atoms with Crippen molar-refractivity contribution in [2.75, 3.05) is 52.3 Å². The van der Waals surface area contributed by atoms with Crippen molar-refractivity contribution in [3.05, 3.63) is 23.9 Å². The lowest BCUT2D eigenvalue weighted by atomic mass is 10.2. The van der Waals surface area contributed by atoms with E-state index < -0.39 is 0 Å². The molecule has 1 unspecified atom stereocenters. The van der Waals surface area contributed by atoms with E-state index in [9.17, 15) is 0 Å². The molecule has 0 radical (unpaired) electrons. The van der Waals surface area contributed by atoms with Gasteiger partial charge in [-0.2, -0.15) is 0 Å². The lowest BCUT2D eigenvalue weighted by molar-refractivity contribution is 0.199. The number of rotatable bonds is 8. The van der Waals surface area contributed by atoms with E-state index in [1.54, 1.807) is 7.11 Å². The van der Waals surface area contributed by atoms with Crippen molar-refractivity contribution in [3.63, 3.8) is 0 Å². The third-order valence-corrected chi connectivity index (χ3v) is 3.89. The summed E-state index contributed by atoms with van der Waals surface area (Å²) in [4.78, 5) is 9.40. The number of nitrogens with zero attached hydrogens (tertiary/aromatic N) is 3. The van der Waals surface area contributed by atoms with Crippen molar-refractivity contribution in [2.24, 2.45) is 0 Å². The van der Waals surface area contributed by atoms with E-state index in [1.807, 2.05) is 12.3 Å².